The van der Waals surface area contributed by atoms with Gasteiger partial charge in [-0.3, -0.25) is 14.4 Å². The summed E-state index contributed by atoms with van der Waals surface area (Å²) in [5.74, 6) is 0.994. The van der Waals surface area contributed by atoms with E-state index in [-0.39, 0.29) is 37.4 Å². The molecule has 1 spiro atoms. The van der Waals surface area contributed by atoms with Crippen LogP contribution in [0.3, 0.4) is 0 Å². The number of aromatic nitrogens is 2. The first-order valence-electron chi connectivity index (χ1n) is 18.9. The fourth-order valence-electron chi connectivity index (χ4n) is 8.02. The van der Waals surface area contributed by atoms with Crippen molar-refractivity contribution in [2.45, 2.75) is 77.5 Å². The van der Waals surface area contributed by atoms with Gasteiger partial charge in [-0.15, -0.1) is 0 Å². The first-order chi connectivity index (χ1) is 26.2. The standard InChI is InChI=1S/C43H49N7O5/c1-41(2,3)55-40(54)48(5)26-30-11-6-7-12-31(30)27-50(39(53)42(4)17-21-49(22-18-42)35-14-8-9-19-44-35)28-36(51)46-33-16-15-29-24-43(25-32(29)23-33)34-13-10-20-45-37(34)47-38(43)52/h6-16,19-20,23H,17-18,21-22,24-28H2,1-5H3,(H,46,51)(H,45,47,52)/t43-/m1/s1. The van der Waals surface area contributed by atoms with Crippen molar-refractivity contribution in [3.63, 3.8) is 0 Å². The van der Waals surface area contributed by atoms with Crippen molar-refractivity contribution in [3.05, 3.63) is 113 Å². The topological polar surface area (TPSA) is 137 Å². The molecule has 55 heavy (non-hydrogen) atoms. The normalized spacial score (nSPS) is 18.3. The molecule has 286 valence electrons. The summed E-state index contributed by atoms with van der Waals surface area (Å²) in [5, 5.41) is 5.99. The van der Waals surface area contributed by atoms with E-state index < -0.39 is 22.5 Å². The molecule has 2 aromatic heterocycles. The van der Waals surface area contributed by atoms with Crippen molar-refractivity contribution >= 4 is 41.1 Å². The fraction of sp³-hybridized carbons (Fsp3) is 0.395. The number of fused-ring (bicyclic) bond motifs is 3. The van der Waals surface area contributed by atoms with Gasteiger partial charge in [-0.05, 0) is 99.0 Å². The molecule has 0 radical (unpaired) electrons. The molecule has 12 heteroatoms. The Hall–Kier alpha value is -5.78. The molecule has 12 nitrogen and oxygen atoms in total. The van der Waals surface area contributed by atoms with Gasteiger partial charge in [0, 0.05) is 62.3 Å². The van der Waals surface area contributed by atoms with Crippen molar-refractivity contribution < 1.29 is 23.9 Å². The Labute approximate surface area is 322 Å². The number of amides is 4. The number of carbonyl (C=O) groups is 4. The van der Waals surface area contributed by atoms with Gasteiger partial charge in [0.1, 0.15) is 23.8 Å². The molecule has 1 atom stereocenters. The molecule has 4 aromatic rings. The summed E-state index contributed by atoms with van der Waals surface area (Å²) in [5.41, 5.74) is 3.17. The van der Waals surface area contributed by atoms with Gasteiger partial charge in [0.25, 0.3) is 0 Å². The van der Waals surface area contributed by atoms with Gasteiger partial charge >= 0.3 is 6.09 Å². The highest BCUT2D eigenvalue weighted by Gasteiger charge is 2.51. The zero-order valence-electron chi connectivity index (χ0n) is 32.2. The van der Waals surface area contributed by atoms with E-state index in [1.54, 1.807) is 24.3 Å². The number of carbonyl (C=O) groups excluding carboxylic acids is 4. The van der Waals surface area contributed by atoms with Crippen molar-refractivity contribution in [2.24, 2.45) is 5.41 Å². The Bertz CT molecular complexity index is 2110. The Morgan fingerprint density at radius 1 is 0.891 bits per heavy atom. The van der Waals surface area contributed by atoms with Crippen molar-refractivity contribution in [1.82, 2.24) is 19.8 Å². The summed E-state index contributed by atoms with van der Waals surface area (Å²) in [7, 11) is 1.69. The van der Waals surface area contributed by atoms with E-state index in [1.807, 2.05) is 100 Å². The quantitative estimate of drug-likeness (QED) is 0.210. The van der Waals surface area contributed by atoms with Crippen LogP contribution >= 0.6 is 0 Å². The summed E-state index contributed by atoms with van der Waals surface area (Å²) >= 11 is 0. The van der Waals surface area contributed by atoms with E-state index in [4.69, 9.17) is 4.74 Å². The molecule has 3 aliphatic rings. The molecule has 7 rings (SSSR count). The minimum atomic E-state index is -0.718. The second-order valence-electron chi connectivity index (χ2n) is 16.3. The lowest BCUT2D eigenvalue weighted by molar-refractivity contribution is -0.145. The van der Waals surface area contributed by atoms with Gasteiger partial charge in [0.05, 0.1) is 5.41 Å². The van der Waals surface area contributed by atoms with Crippen molar-refractivity contribution in [1.29, 1.82) is 0 Å². The van der Waals surface area contributed by atoms with E-state index >= 15 is 0 Å². The number of pyridine rings is 2. The molecule has 1 fully saturated rings. The molecule has 2 aliphatic heterocycles. The Kier molecular flexibility index (Phi) is 10.1. The lowest BCUT2D eigenvalue weighted by Crippen LogP contribution is -2.50. The maximum absolute atomic E-state index is 14.7. The molecular formula is C43H49N7O5. The summed E-state index contributed by atoms with van der Waals surface area (Å²) in [6, 6.07) is 23.1. The lowest BCUT2D eigenvalue weighted by Gasteiger charge is -2.41. The predicted molar refractivity (Wildman–Crippen MR) is 210 cm³/mol. The number of nitrogens with one attached hydrogen (secondary N) is 2. The highest BCUT2D eigenvalue weighted by atomic mass is 16.6. The number of rotatable bonds is 9. The van der Waals surface area contributed by atoms with E-state index in [9.17, 15) is 19.2 Å². The highest BCUT2D eigenvalue weighted by molar-refractivity contribution is 6.06. The molecular weight excluding hydrogens is 695 g/mol. The van der Waals surface area contributed by atoms with Crippen LogP contribution in [-0.2, 0) is 50.5 Å². The van der Waals surface area contributed by atoms with Crippen molar-refractivity contribution in [3.8, 4) is 0 Å². The maximum atomic E-state index is 14.7. The number of piperidine rings is 1. The van der Waals surface area contributed by atoms with Crippen LogP contribution in [-0.4, -0.2) is 75.9 Å². The maximum Gasteiger partial charge on any atom is 0.410 e. The monoisotopic (exact) mass is 743 g/mol. The summed E-state index contributed by atoms with van der Waals surface area (Å²) < 4.78 is 5.59. The van der Waals surface area contributed by atoms with Crippen LogP contribution < -0.4 is 15.5 Å². The average Bonchev–Trinajstić information content (AvgIpc) is 3.67. The molecule has 2 N–H and O–H groups in total. The summed E-state index contributed by atoms with van der Waals surface area (Å²) in [4.78, 5) is 68.9. The number of hydrogen-bond donors (Lipinski definition) is 2. The number of ether oxygens (including phenoxy) is 1. The van der Waals surface area contributed by atoms with Crippen LogP contribution in [0.5, 0.6) is 0 Å². The molecule has 0 bridgehead atoms. The van der Waals surface area contributed by atoms with Gasteiger partial charge in [0.2, 0.25) is 17.7 Å². The van der Waals surface area contributed by atoms with E-state index in [2.05, 4.69) is 25.5 Å². The van der Waals surface area contributed by atoms with Crippen LogP contribution in [0.4, 0.5) is 22.1 Å². The first-order valence-corrected chi connectivity index (χ1v) is 18.9. The minimum Gasteiger partial charge on any atom is -0.444 e. The van der Waals surface area contributed by atoms with E-state index in [0.717, 1.165) is 33.6 Å². The second-order valence-corrected chi connectivity index (χ2v) is 16.3. The lowest BCUT2D eigenvalue weighted by atomic mass is 9.78. The molecule has 1 saturated heterocycles. The number of benzene rings is 2. The van der Waals surface area contributed by atoms with Crippen LogP contribution in [0.2, 0.25) is 0 Å². The van der Waals surface area contributed by atoms with E-state index in [1.165, 1.54) is 4.90 Å². The van der Waals surface area contributed by atoms with Gasteiger partial charge in [0.15, 0.2) is 0 Å². The van der Waals surface area contributed by atoms with Gasteiger partial charge < -0.3 is 30.1 Å². The number of nitrogens with zero attached hydrogens (tertiary/aromatic N) is 5. The summed E-state index contributed by atoms with van der Waals surface area (Å²) in [6.07, 6.45) is 5.26. The fourth-order valence-corrected chi connectivity index (χ4v) is 8.02. The van der Waals surface area contributed by atoms with Crippen LogP contribution in [0.15, 0.2) is 85.2 Å². The first kappa shape index (κ1) is 37.5. The largest absolute Gasteiger partial charge is 0.444 e. The van der Waals surface area contributed by atoms with Crippen LogP contribution in [0, 0.1) is 5.41 Å². The highest BCUT2D eigenvalue weighted by Crippen LogP contribution is 2.47. The van der Waals surface area contributed by atoms with Gasteiger partial charge in [-0.1, -0.05) is 49.4 Å². The molecule has 0 saturated carbocycles. The average molecular weight is 744 g/mol. The molecule has 4 heterocycles. The zero-order chi connectivity index (χ0) is 39.0. The van der Waals surface area contributed by atoms with Crippen LogP contribution in [0.25, 0.3) is 0 Å². The number of hydrogen-bond acceptors (Lipinski definition) is 8. The third kappa shape index (κ3) is 7.90. The third-order valence-electron chi connectivity index (χ3n) is 11.0. The smallest absolute Gasteiger partial charge is 0.410 e. The third-order valence-corrected chi connectivity index (χ3v) is 11.0. The zero-order valence-corrected chi connectivity index (χ0v) is 32.2. The van der Waals surface area contributed by atoms with Gasteiger partial charge in [-0.2, -0.15) is 0 Å². The molecule has 2 aromatic carbocycles. The molecule has 1 aliphatic carbocycles. The Morgan fingerprint density at radius 3 is 2.29 bits per heavy atom. The predicted octanol–water partition coefficient (Wildman–Crippen LogP) is 6.11. The van der Waals surface area contributed by atoms with Crippen LogP contribution in [0.1, 0.15) is 68.4 Å². The SMILES string of the molecule is CN(Cc1ccccc1CN(CC(=O)Nc1ccc2c(c1)C[C@@]1(C2)C(=O)Nc2ncccc21)C(=O)C1(C)CCN(c2ccccn2)CC1)C(=O)OC(C)(C)C. The Morgan fingerprint density at radius 2 is 1.58 bits per heavy atom. The van der Waals surface area contributed by atoms with E-state index in [0.29, 0.717) is 50.3 Å². The Balaban J connectivity index is 1.10. The molecule has 4 amide bonds. The number of anilines is 3. The second kappa shape index (κ2) is 14.8. The van der Waals surface area contributed by atoms with Crippen molar-refractivity contribution in [2.75, 3.05) is 42.2 Å². The molecule has 0 unspecified atom stereocenters. The van der Waals surface area contributed by atoms with Gasteiger partial charge in [-0.25, -0.2) is 14.8 Å². The minimum absolute atomic E-state index is 0.0610. The summed E-state index contributed by atoms with van der Waals surface area (Å²) in [6.45, 7) is 9.06.